The highest BCUT2D eigenvalue weighted by atomic mass is 35.5. The molecular formula is C17H23ClN4O3S. The van der Waals surface area contributed by atoms with Crippen molar-refractivity contribution in [1.82, 2.24) is 15.4 Å². The second-order valence-electron chi connectivity index (χ2n) is 5.37. The van der Waals surface area contributed by atoms with Gasteiger partial charge in [-0.25, -0.2) is 13.1 Å². The maximum absolute atomic E-state index is 12.2. The Labute approximate surface area is 158 Å². The first-order chi connectivity index (χ1) is 12.5. The monoisotopic (exact) mass is 398 g/mol. The Morgan fingerprint density at radius 1 is 1.19 bits per heavy atom. The number of guanidine groups is 1. The zero-order valence-electron chi connectivity index (χ0n) is 14.5. The van der Waals surface area contributed by atoms with Crippen LogP contribution in [0.25, 0.3) is 0 Å². The smallest absolute Gasteiger partial charge is 0.240 e. The largest absolute Gasteiger partial charge is 0.469 e. The van der Waals surface area contributed by atoms with Crippen LogP contribution in [0.2, 0.25) is 5.02 Å². The third-order valence-corrected chi connectivity index (χ3v) is 5.06. The van der Waals surface area contributed by atoms with Gasteiger partial charge in [-0.2, -0.15) is 0 Å². The quantitative estimate of drug-likeness (QED) is 0.341. The van der Waals surface area contributed by atoms with Gasteiger partial charge in [0.05, 0.1) is 17.7 Å². The summed E-state index contributed by atoms with van der Waals surface area (Å²) in [5.74, 6) is 1.52. The predicted octanol–water partition coefficient (Wildman–Crippen LogP) is 2.01. The lowest BCUT2D eigenvalue weighted by Gasteiger charge is -2.11. The Morgan fingerprint density at radius 2 is 2.04 bits per heavy atom. The topological polar surface area (TPSA) is 95.7 Å². The summed E-state index contributed by atoms with van der Waals surface area (Å²) in [7, 11) is -3.60. The average molecular weight is 399 g/mol. The third-order valence-electron chi connectivity index (χ3n) is 3.37. The van der Waals surface area contributed by atoms with Gasteiger partial charge in [-0.3, -0.25) is 4.99 Å². The molecule has 0 saturated heterocycles. The maximum atomic E-state index is 12.2. The van der Waals surface area contributed by atoms with Crippen molar-refractivity contribution in [2.75, 3.05) is 26.2 Å². The van der Waals surface area contributed by atoms with E-state index in [2.05, 4.69) is 20.3 Å². The highest BCUT2D eigenvalue weighted by Gasteiger charge is 2.13. The lowest BCUT2D eigenvalue weighted by atomic mass is 10.3. The fourth-order valence-electron chi connectivity index (χ4n) is 2.17. The predicted molar refractivity (Wildman–Crippen MR) is 103 cm³/mol. The Morgan fingerprint density at radius 3 is 2.73 bits per heavy atom. The zero-order chi connectivity index (χ0) is 18.8. The normalized spacial score (nSPS) is 12.2. The fourth-order valence-corrected chi connectivity index (χ4v) is 3.49. The Kier molecular flexibility index (Phi) is 7.96. The number of hydrogen-bond acceptors (Lipinski definition) is 4. The molecule has 9 heteroatoms. The van der Waals surface area contributed by atoms with E-state index in [0.717, 1.165) is 12.2 Å². The van der Waals surface area contributed by atoms with Gasteiger partial charge in [-0.15, -0.1) is 0 Å². The van der Waals surface area contributed by atoms with Crippen LogP contribution in [0.4, 0.5) is 0 Å². The van der Waals surface area contributed by atoms with Gasteiger partial charge >= 0.3 is 0 Å². The molecule has 2 rings (SSSR count). The number of sulfonamides is 1. The van der Waals surface area contributed by atoms with Crippen molar-refractivity contribution in [2.45, 2.75) is 18.2 Å². The maximum Gasteiger partial charge on any atom is 0.240 e. The Balaban J connectivity index is 1.81. The van der Waals surface area contributed by atoms with Crippen LogP contribution in [-0.2, 0) is 16.4 Å². The van der Waals surface area contributed by atoms with Crippen molar-refractivity contribution < 1.29 is 12.8 Å². The molecular weight excluding hydrogens is 376 g/mol. The molecule has 1 aromatic carbocycles. The standard InChI is InChI=1S/C17H23ClN4O3S/c1-2-19-17(20-9-8-15-6-4-12-25-15)21-10-11-22-26(23,24)16-7-3-5-14(18)13-16/h3-7,12-13,22H,2,8-11H2,1H3,(H2,19,20,21). The van der Waals surface area contributed by atoms with Gasteiger partial charge in [0.25, 0.3) is 0 Å². The minimum absolute atomic E-state index is 0.137. The highest BCUT2D eigenvalue weighted by Crippen LogP contribution is 2.14. The molecule has 1 aromatic heterocycles. The fraction of sp³-hybridized carbons (Fsp3) is 0.353. The summed E-state index contributed by atoms with van der Waals surface area (Å²) in [4.78, 5) is 4.49. The van der Waals surface area contributed by atoms with Gasteiger partial charge in [0.1, 0.15) is 5.76 Å². The van der Waals surface area contributed by atoms with Crippen LogP contribution in [0.5, 0.6) is 0 Å². The van der Waals surface area contributed by atoms with Gasteiger partial charge < -0.3 is 15.1 Å². The molecule has 2 aromatic rings. The van der Waals surface area contributed by atoms with E-state index in [1.165, 1.54) is 12.1 Å². The molecule has 0 amide bonds. The van der Waals surface area contributed by atoms with Crippen LogP contribution in [0.15, 0.2) is 57.0 Å². The van der Waals surface area contributed by atoms with E-state index < -0.39 is 10.0 Å². The third kappa shape index (κ3) is 6.70. The molecule has 0 fully saturated rings. The van der Waals surface area contributed by atoms with Crippen LogP contribution in [0.1, 0.15) is 12.7 Å². The summed E-state index contributed by atoms with van der Waals surface area (Å²) in [6.45, 7) is 3.82. The number of nitrogens with zero attached hydrogens (tertiary/aromatic N) is 1. The molecule has 7 nitrogen and oxygen atoms in total. The Bertz CT molecular complexity index is 807. The first-order valence-corrected chi connectivity index (χ1v) is 10.2. The Hall–Kier alpha value is -2.03. The number of nitrogens with one attached hydrogen (secondary N) is 3. The molecule has 0 saturated carbocycles. The summed E-state index contributed by atoms with van der Waals surface area (Å²) in [6, 6.07) is 9.89. The molecule has 0 aliphatic carbocycles. The van der Waals surface area contributed by atoms with Crippen molar-refractivity contribution in [2.24, 2.45) is 4.99 Å². The van der Waals surface area contributed by atoms with Crippen LogP contribution in [-0.4, -0.2) is 40.6 Å². The lowest BCUT2D eigenvalue weighted by Crippen LogP contribution is -2.39. The first-order valence-electron chi connectivity index (χ1n) is 8.31. The van der Waals surface area contributed by atoms with Crippen molar-refractivity contribution in [3.8, 4) is 0 Å². The van der Waals surface area contributed by atoms with Gasteiger partial charge in [0, 0.05) is 31.1 Å². The van der Waals surface area contributed by atoms with E-state index >= 15 is 0 Å². The van der Waals surface area contributed by atoms with E-state index in [-0.39, 0.29) is 11.4 Å². The molecule has 0 aliphatic heterocycles. The first kappa shape index (κ1) is 20.3. The van der Waals surface area contributed by atoms with Crippen molar-refractivity contribution >= 4 is 27.6 Å². The minimum Gasteiger partial charge on any atom is -0.469 e. The zero-order valence-corrected chi connectivity index (χ0v) is 16.1. The summed E-state index contributed by atoms with van der Waals surface area (Å²) in [5.41, 5.74) is 0. The second kappa shape index (κ2) is 10.2. The number of rotatable bonds is 9. The van der Waals surface area contributed by atoms with E-state index in [4.69, 9.17) is 16.0 Å². The van der Waals surface area contributed by atoms with Crippen molar-refractivity contribution in [3.05, 3.63) is 53.4 Å². The van der Waals surface area contributed by atoms with Gasteiger partial charge in [-0.1, -0.05) is 17.7 Å². The van der Waals surface area contributed by atoms with Crippen molar-refractivity contribution in [3.63, 3.8) is 0 Å². The molecule has 0 radical (unpaired) electrons. The molecule has 0 atom stereocenters. The average Bonchev–Trinajstić information content (AvgIpc) is 3.12. The number of benzene rings is 1. The van der Waals surface area contributed by atoms with Crippen LogP contribution < -0.4 is 15.4 Å². The van der Waals surface area contributed by atoms with E-state index in [0.29, 0.717) is 30.6 Å². The van der Waals surface area contributed by atoms with Crippen LogP contribution in [0, 0.1) is 0 Å². The van der Waals surface area contributed by atoms with Crippen LogP contribution in [0.3, 0.4) is 0 Å². The molecule has 26 heavy (non-hydrogen) atoms. The highest BCUT2D eigenvalue weighted by molar-refractivity contribution is 7.89. The van der Waals surface area contributed by atoms with Gasteiger partial charge in [-0.05, 0) is 37.3 Å². The lowest BCUT2D eigenvalue weighted by molar-refractivity contribution is 0.507. The summed E-state index contributed by atoms with van der Waals surface area (Å²) in [6.07, 6.45) is 2.37. The van der Waals surface area contributed by atoms with Crippen LogP contribution >= 0.6 is 11.6 Å². The van der Waals surface area contributed by atoms with E-state index in [9.17, 15) is 8.42 Å². The number of furan rings is 1. The molecule has 0 unspecified atom stereocenters. The molecule has 142 valence electrons. The number of aliphatic imine (C=N–C) groups is 1. The molecule has 1 heterocycles. The van der Waals surface area contributed by atoms with Gasteiger partial charge in [0.2, 0.25) is 10.0 Å². The summed E-state index contributed by atoms with van der Waals surface area (Å²) in [5, 5.41) is 6.67. The summed E-state index contributed by atoms with van der Waals surface area (Å²) < 4.78 is 32.2. The molecule has 0 bridgehead atoms. The molecule has 0 spiro atoms. The van der Waals surface area contributed by atoms with Crippen molar-refractivity contribution in [1.29, 1.82) is 0 Å². The summed E-state index contributed by atoms with van der Waals surface area (Å²) >= 11 is 5.84. The number of halogens is 1. The van der Waals surface area contributed by atoms with E-state index in [1.807, 2.05) is 19.1 Å². The number of hydrogen-bond donors (Lipinski definition) is 3. The minimum atomic E-state index is -3.60. The second-order valence-corrected chi connectivity index (χ2v) is 7.58. The van der Waals surface area contributed by atoms with Gasteiger partial charge in [0.15, 0.2) is 5.96 Å². The van der Waals surface area contributed by atoms with E-state index in [1.54, 1.807) is 18.4 Å². The molecule has 0 aliphatic rings. The molecule has 3 N–H and O–H groups in total. The SMILES string of the molecule is CCNC(=NCCNS(=O)(=O)c1cccc(Cl)c1)NCCc1ccco1.